The second kappa shape index (κ2) is 7.21. The van der Waals surface area contributed by atoms with E-state index in [-0.39, 0.29) is 22.8 Å². The van der Waals surface area contributed by atoms with Crippen LogP contribution in [0.3, 0.4) is 0 Å². The Bertz CT molecular complexity index is 634. The van der Waals surface area contributed by atoms with E-state index in [1.54, 1.807) is 0 Å². The molecule has 0 aromatic heterocycles. The first-order valence-electron chi connectivity index (χ1n) is 9.93. The number of esters is 2. The molecule has 0 aromatic carbocycles. The van der Waals surface area contributed by atoms with Crippen molar-refractivity contribution in [1.82, 2.24) is 0 Å². The van der Waals surface area contributed by atoms with Crippen molar-refractivity contribution in [2.45, 2.75) is 65.7 Å². The summed E-state index contributed by atoms with van der Waals surface area (Å²) in [6.45, 7) is 11.5. The van der Waals surface area contributed by atoms with Gasteiger partial charge in [-0.3, -0.25) is 4.79 Å². The van der Waals surface area contributed by atoms with E-state index in [1.165, 1.54) is 18.9 Å². The molecule has 0 spiro atoms. The molecule has 3 rings (SSSR count). The Morgan fingerprint density at radius 2 is 2.15 bits per heavy atom. The van der Waals surface area contributed by atoms with Crippen molar-refractivity contribution >= 4 is 11.9 Å². The van der Waals surface area contributed by atoms with Crippen LogP contribution in [0, 0.1) is 22.7 Å². The van der Waals surface area contributed by atoms with Gasteiger partial charge in [-0.2, -0.15) is 0 Å². The number of ether oxygens (including phenoxy) is 2. The summed E-state index contributed by atoms with van der Waals surface area (Å²) >= 11 is 0. The van der Waals surface area contributed by atoms with Crippen LogP contribution in [0.4, 0.5) is 0 Å². The van der Waals surface area contributed by atoms with Crippen molar-refractivity contribution in [3.63, 3.8) is 0 Å². The third-order valence-corrected chi connectivity index (χ3v) is 7.26. The first-order chi connectivity index (χ1) is 12.3. The molecule has 0 unspecified atom stereocenters. The lowest BCUT2D eigenvalue weighted by atomic mass is 9.47. The molecule has 2 saturated carbocycles. The van der Waals surface area contributed by atoms with E-state index in [0.29, 0.717) is 25.0 Å². The molecule has 4 atom stereocenters. The van der Waals surface area contributed by atoms with Crippen LogP contribution in [0.1, 0.15) is 65.7 Å². The average Bonchev–Trinajstić information content (AvgIpc) is 2.97. The molecule has 2 fully saturated rings. The SMILES string of the molecule is C=C1CC[C@@H]2[C@](C)(COC(C)=O)CCC[C@@]2(C)[C@@H]1CCC1=CCOC1=O. The largest absolute Gasteiger partial charge is 0.465 e. The predicted octanol–water partition coefficient (Wildman–Crippen LogP) is 4.59. The Kier molecular flexibility index (Phi) is 5.32. The van der Waals surface area contributed by atoms with Gasteiger partial charge in [0.2, 0.25) is 0 Å². The van der Waals surface area contributed by atoms with Crippen LogP contribution in [-0.2, 0) is 19.1 Å². The number of carbonyl (C=O) groups excluding carboxylic acids is 2. The highest BCUT2D eigenvalue weighted by atomic mass is 16.5. The van der Waals surface area contributed by atoms with Crippen LogP contribution in [-0.4, -0.2) is 25.2 Å². The Morgan fingerprint density at radius 1 is 1.38 bits per heavy atom. The van der Waals surface area contributed by atoms with Crippen LogP contribution in [0.2, 0.25) is 0 Å². The van der Waals surface area contributed by atoms with Crippen molar-refractivity contribution in [1.29, 1.82) is 0 Å². The third kappa shape index (κ3) is 3.47. The summed E-state index contributed by atoms with van der Waals surface area (Å²) in [5.41, 5.74) is 2.34. The second-order valence-corrected chi connectivity index (χ2v) is 8.96. The van der Waals surface area contributed by atoms with Gasteiger partial charge >= 0.3 is 11.9 Å². The summed E-state index contributed by atoms with van der Waals surface area (Å²) in [7, 11) is 0. The lowest BCUT2D eigenvalue weighted by Crippen LogP contribution is -2.52. The van der Waals surface area contributed by atoms with Gasteiger partial charge in [-0.1, -0.05) is 32.4 Å². The van der Waals surface area contributed by atoms with Crippen molar-refractivity contribution in [2.75, 3.05) is 13.2 Å². The second-order valence-electron chi connectivity index (χ2n) is 8.96. The van der Waals surface area contributed by atoms with Crippen molar-refractivity contribution in [3.05, 3.63) is 23.8 Å². The molecule has 0 saturated heterocycles. The maximum absolute atomic E-state index is 11.8. The van der Waals surface area contributed by atoms with Gasteiger partial charge in [0.15, 0.2) is 0 Å². The van der Waals surface area contributed by atoms with Crippen molar-refractivity contribution < 1.29 is 19.1 Å². The molecule has 3 aliphatic rings. The van der Waals surface area contributed by atoms with Gasteiger partial charge in [0, 0.05) is 17.9 Å². The first-order valence-corrected chi connectivity index (χ1v) is 9.93. The fraction of sp³-hybridized carbons (Fsp3) is 0.727. The fourth-order valence-electron chi connectivity index (χ4n) is 5.95. The smallest absolute Gasteiger partial charge is 0.334 e. The van der Waals surface area contributed by atoms with E-state index in [4.69, 9.17) is 9.47 Å². The normalized spacial score (nSPS) is 37.0. The molecule has 26 heavy (non-hydrogen) atoms. The van der Waals surface area contributed by atoms with E-state index >= 15 is 0 Å². The minimum atomic E-state index is -0.193. The van der Waals surface area contributed by atoms with Gasteiger partial charge in [0.25, 0.3) is 0 Å². The summed E-state index contributed by atoms with van der Waals surface area (Å²) in [6, 6.07) is 0. The lowest BCUT2D eigenvalue weighted by Gasteiger charge is -2.58. The zero-order chi connectivity index (χ0) is 18.9. The molecule has 0 radical (unpaired) electrons. The first kappa shape index (κ1) is 19.2. The van der Waals surface area contributed by atoms with Crippen LogP contribution in [0.15, 0.2) is 23.8 Å². The average molecular weight is 360 g/mol. The molecular formula is C22H32O4. The molecule has 4 nitrogen and oxygen atoms in total. The zero-order valence-corrected chi connectivity index (χ0v) is 16.4. The predicted molar refractivity (Wildman–Crippen MR) is 100 cm³/mol. The highest BCUT2D eigenvalue weighted by Crippen LogP contribution is 2.62. The molecule has 144 valence electrons. The van der Waals surface area contributed by atoms with Gasteiger partial charge in [-0.25, -0.2) is 4.79 Å². The highest BCUT2D eigenvalue weighted by Gasteiger charge is 2.54. The molecule has 0 aromatic rings. The summed E-state index contributed by atoms with van der Waals surface area (Å²) in [5, 5.41) is 0. The van der Waals surface area contributed by atoms with E-state index < -0.39 is 0 Å². The summed E-state index contributed by atoms with van der Waals surface area (Å²) in [4.78, 5) is 23.2. The molecule has 2 aliphatic carbocycles. The third-order valence-electron chi connectivity index (χ3n) is 7.26. The number of rotatable bonds is 5. The quantitative estimate of drug-likeness (QED) is 0.531. The number of carbonyl (C=O) groups is 2. The standard InChI is InChI=1S/C22H32O4/c1-15-6-9-19-21(3,14-26-16(2)23)11-5-12-22(19,4)18(15)8-7-17-10-13-25-20(17)24/h10,18-19H,1,5-9,11-14H2,2-4H3/t18-,19-,21+,22+/m1/s1. The van der Waals surface area contributed by atoms with Crippen LogP contribution >= 0.6 is 0 Å². The van der Waals surface area contributed by atoms with Gasteiger partial charge in [-0.05, 0) is 61.9 Å². The Hall–Kier alpha value is -1.58. The van der Waals surface area contributed by atoms with E-state index in [9.17, 15) is 9.59 Å². The molecule has 1 aliphatic heterocycles. The summed E-state index contributed by atoms with van der Waals surface area (Å²) in [6.07, 6.45) is 9.23. The van der Waals surface area contributed by atoms with Gasteiger partial charge in [-0.15, -0.1) is 0 Å². The maximum atomic E-state index is 11.8. The Balaban J connectivity index is 1.78. The Morgan fingerprint density at radius 3 is 2.81 bits per heavy atom. The van der Waals surface area contributed by atoms with Gasteiger partial charge < -0.3 is 9.47 Å². The number of hydrogen-bond acceptors (Lipinski definition) is 4. The summed E-state index contributed by atoms with van der Waals surface area (Å²) in [5.74, 6) is 0.578. The molecule has 1 heterocycles. The van der Waals surface area contributed by atoms with E-state index in [2.05, 4.69) is 20.4 Å². The topological polar surface area (TPSA) is 52.6 Å². The fourth-order valence-corrected chi connectivity index (χ4v) is 5.95. The van der Waals surface area contributed by atoms with Crippen molar-refractivity contribution in [3.8, 4) is 0 Å². The monoisotopic (exact) mass is 360 g/mol. The molecular weight excluding hydrogens is 328 g/mol. The van der Waals surface area contributed by atoms with Gasteiger partial charge in [0.05, 0.1) is 6.61 Å². The highest BCUT2D eigenvalue weighted by molar-refractivity contribution is 5.90. The number of cyclic esters (lactones) is 1. The van der Waals surface area contributed by atoms with Crippen LogP contribution < -0.4 is 0 Å². The maximum Gasteiger partial charge on any atom is 0.334 e. The Labute approximate surface area is 157 Å². The van der Waals surface area contributed by atoms with Crippen LogP contribution in [0.5, 0.6) is 0 Å². The molecule has 0 amide bonds. The minimum Gasteiger partial charge on any atom is -0.465 e. The number of allylic oxidation sites excluding steroid dienone is 1. The van der Waals surface area contributed by atoms with Crippen LogP contribution in [0.25, 0.3) is 0 Å². The molecule has 0 N–H and O–H groups in total. The number of fused-ring (bicyclic) bond motifs is 1. The lowest BCUT2D eigenvalue weighted by molar-refractivity contribution is -0.152. The van der Waals surface area contributed by atoms with Crippen molar-refractivity contribution in [2.24, 2.45) is 22.7 Å². The molecule has 0 bridgehead atoms. The zero-order valence-electron chi connectivity index (χ0n) is 16.4. The molecule has 4 heteroatoms. The summed E-state index contributed by atoms with van der Waals surface area (Å²) < 4.78 is 10.5. The number of hydrogen-bond donors (Lipinski definition) is 0. The minimum absolute atomic E-state index is 0.0309. The van der Waals surface area contributed by atoms with E-state index in [0.717, 1.165) is 44.1 Å². The van der Waals surface area contributed by atoms with Gasteiger partial charge in [0.1, 0.15) is 6.61 Å². The van der Waals surface area contributed by atoms with E-state index in [1.807, 2.05) is 6.08 Å².